The van der Waals surface area contributed by atoms with Gasteiger partial charge in [-0.1, -0.05) is 55.6 Å². The van der Waals surface area contributed by atoms with E-state index in [9.17, 15) is 0 Å². The molecule has 0 N–H and O–H groups in total. The molecule has 0 saturated heterocycles. The molecule has 1 nitrogen and oxygen atoms in total. The normalized spacial score (nSPS) is 12.3. The van der Waals surface area contributed by atoms with Crippen molar-refractivity contribution in [2.45, 2.75) is 4.83 Å². The third-order valence-corrected chi connectivity index (χ3v) is 5.27. The lowest BCUT2D eigenvalue weighted by Gasteiger charge is -2.14. The van der Waals surface area contributed by atoms with Crippen LogP contribution in [0.1, 0.15) is 16.0 Å². The predicted molar refractivity (Wildman–Crippen MR) is 90.6 cm³/mol. The quantitative estimate of drug-likeness (QED) is 0.476. The molecule has 0 aromatic heterocycles. The zero-order valence-corrected chi connectivity index (χ0v) is 15.5. The van der Waals surface area contributed by atoms with E-state index in [0.717, 1.165) is 25.8 Å². The maximum atomic E-state index is 5.96. The Balaban J connectivity index is 2.38. The highest BCUT2D eigenvalue weighted by molar-refractivity contribution is 9.11. The summed E-state index contributed by atoms with van der Waals surface area (Å²) in [7, 11) is 1.65. The maximum Gasteiger partial charge on any atom is 0.133 e. The molecule has 0 aliphatic carbocycles. The molecule has 2 aromatic rings. The van der Waals surface area contributed by atoms with E-state index in [4.69, 9.17) is 16.3 Å². The number of rotatable bonds is 3. The molecule has 1 unspecified atom stereocenters. The molecule has 0 aliphatic rings. The molecular formula is C14H10Br3ClO. The van der Waals surface area contributed by atoms with Gasteiger partial charge in [-0.05, 0) is 51.3 Å². The van der Waals surface area contributed by atoms with Gasteiger partial charge >= 0.3 is 0 Å². The van der Waals surface area contributed by atoms with E-state index in [1.165, 1.54) is 0 Å². The van der Waals surface area contributed by atoms with E-state index in [2.05, 4.69) is 47.8 Å². The second-order valence-corrected chi connectivity index (χ2v) is 6.98. The third kappa shape index (κ3) is 3.54. The molecule has 0 aliphatic heterocycles. The molecular weight excluding hydrogens is 459 g/mol. The molecule has 2 aromatic carbocycles. The minimum Gasteiger partial charge on any atom is -0.496 e. The van der Waals surface area contributed by atoms with Gasteiger partial charge in [0.05, 0.1) is 16.4 Å². The van der Waals surface area contributed by atoms with E-state index < -0.39 is 0 Å². The molecule has 5 heteroatoms. The molecule has 19 heavy (non-hydrogen) atoms. The fourth-order valence-electron chi connectivity index (χ4n) is 1.73. The van der Waals surface area contributed by atoms with Crippen molar-refractivity contribution in [3.05, 3.63) is 61.5 Å². The van der Waals surface area contributed by atoms with Crippen molar-refractivity contribution in [1.82, 2.24) is 0 Å². The summed E-state index contributed by atoms with van der Waals surface area (Å²) in [5, 5.41) is 0.714. The van der Waals surface area contributed by atoms with Crippen molar-refractivity contribution in [1.29, 1.82) is 0 Å². The van der Waals surface area contributed by atoms with E-state index in [0.29, 0.717) is 5.02 Å². The Hall–Kier alpha value is -0.0300. The summed E-state index contributed by atoms with van der Waals surface area (Å²) in [6, 6.07) is 11.8. The topological polar surface area (TPSA) is 9.23 Å². The van der Waals surface area contributed by atoms with Crippen molar-refractivity contribution in [2.75, 3.05) is 7.11 Å². The zero-order chi connectivity index (χ0) is 14.0. The van der Waals surface area contributed by atoms with Crippen LogP contribution in [0.15, 0.2) is 45.3 Å². The van der Waals surface area contributed by atoms with Crippen LogP contribution in [0.2, 0.25) is 5.02 Å². The number of ether oxygens (including phenoxy) is 1. The highest BCUT2D eigenvalue weighted by Gasteiger charge is 2.15. The Labute approximate surface area is 142 Å². The van der Waals surface area contributed by atoms with E-state index in [-0.39, 0.29) is 4.83 Å². The van der Waals surface area contributed by atoms with Crippen LogP contribution in [0.5, 0.6) is 5.75 Å². The summed E-state index contributed by atoms with van der Waals surface area (Å²) in [4.78, 5) is 0.0846. The van der Waals surface area contributed by atoms with E-state index in [1.807, 2.05) is 36.4 Å². The second kappa shape index (κ2) is 6.61. The number of hydrogen-bond donors (Lipinski definition) is 0. The van der Waals surface area contributed by atoms with E-state index in [1.54, 1.807) is 7.11 Å². The predicted octanol–water partition coefficient (Wildman–Crippen LogP) is 6.36. The minimum atomic E-state index is 0.0846. The van der Waals surface area contributed by atoms with Gasteiger partial charge in [0, 0.05) is 9.50 Å². The van der Waals surface area contributed by atoms with Gasteiger partial charge in [0.2, 0.25) is 0 Å². The zero-order valence-electron chi connectivity index (χ0n) is 9.96. The average molecular weight is 469 g/mol. The summed E-state index contributed by atoms with van der Waals surface area (Å²) >= 11 is 16.7. The van der Waals surface area contributed by atoms with Gasteiger partial charge in [-0.15, -0.1) is 0 Å². The maximum absolute atomic E-state index is 5.96. The summed E-state index contributed by atoms with van der Waals surface area (Å²) in [6.07, 6.45) is 0. The van der Waals surface area contributed by atoms with Crippen molar-refractivity contribution in [2.24, 2.45) is 0 Å². The van der Waals surface area contributed by atoms with Gasteiger partial charge in [-0.2, -0.15) is 0 Å². The van der Waals surface area contributed by atoms with Crippen LogP contribution in [-0.4, -0.2) is 7.11 Å². The standard InChI is InChI=1S/C14H10Br3ClO/c1-19-13-5-2-8(6-12(13)16)14(17)10-4-3-9(18)7-11(10)15/h2-7,14H,1H3. The van der Waals surface area contributed by atoms with Crippen LogP contribution in [0.25, 0.3) is 0 Å². The number of alkyl halides is 1. The summed E-state index contributed by atoms with van der Waals surface area (Å²) in [6.45, 7) is 0. The van der Waals surface area contributed by atoms with E-state index >= 15 is 0 Å². The molecule has 0 spiro atoms. The van der Waals surface area contributed by atoms with Gasteiger partial charge in [0.1, 0.15) is 5.75 Å². The smallest absolute Gasteiger partial charge is 0.133 e. The first kappa shape index (κ1) is 15.4. The second-order valence-electron chi connectivity index (χ2n) is 3.92. The van der Waals surface area contributed by atoms with Gasteiger partial charge in [-0.25, -0.2) is 0 Å². The molecule has 0 fully saturated rings. The Morgan fingerprint density at radius 2 is 1.79 bits per heavy atom. The molecule has 2 rings (SSSR count). The van der Waals surface area contributed by atoms with Gasteiger partial charge < -0.3 is 4.74 Å². The lowest BCUT2D eigenvalue weighted by atomic mass is 10.0. The summed E-state index contributed by atoms with van der Waals surface area (Å²) in [5.74, 6) is 0.818. The fraction of sp³-hybridized carbons (Fsp3) is 0.143. The molecule has 0 bridgehead atoms. The van der Waals surface area contributed by atoms with Crippen molar-refractivity contribution in [3.8, 4) is 5.75 Å². The molecule has 1 atom stereocenters. The SMILES string of the molecule is COc1ccc(C(Br)c2ccc(Cl)cc2Br)cc1Br. The monoisotopic (exact) mass is 466 g/mol. The van der Waals surface area contributed by atoms with Crippen LogP contribution in [-0.2, 0) is 0 Å². The first-order valence-corrected chi connectivity index (χ1v) is 8.33. The molecule has 100 valence electrons. The first-order valence-electron chi connectivity index (χ1n) is 5.45. The Morgan fingerprint density at radius 3 is 2.37 bits per heavy atom. The molecule has 0 radical (unpaired) electrons. The highest BCUT2D eigenvalue weighted by atomic mass is 79.9. The number of hydrogen-bond acceptors (Lipinski definition) is 1. The number of benzene rings is 2. The van der Waals surface area contributed by atoms with Crippen molar-refractivity contribution in [3.63, 3.8) is 0 Å². The Morgan fingerprint density at radius 1 is 1.05 bits per heavy atom. The largest absolute Gasteiger partial charge is 0.496 e. The molecule has 0 amide bonds. The molecule has 0 saturated carbocycles. The van der Waals surface area contributed by atoms with Crippen LogP contribution >= 0.6 is 59.4 Å². The Bertz CT molecular complexity index is 601. The summed E-state index contributed by atoms with van der Waals surface area (Å²) in [5.41, 5.74) is 2.26. The first-order chi connectivity index (χ1) is 9.02. The fourth-order valence-corrected chi connectivity index (χ4v) is 4.19. The van der Waals surface area contributed by atoms with Crippen LogP contribution in [0.4, 0.5) is 0 Å². The van der Waals surface area contributed by atoms with Crippen molar-refractivity contribution < 1.29 is 4.74 Å². The summed E-state index contributed by atoms with van der Waals surface area (Å²) < 4.78 is 7.15. The highest BCUT2D eigenvalue weighted by Crippen LogP contribution is 2.38. The molecule has 0 heterocycles. The average Bonchev–Trinajstić information content (AvgIpc) is 2.38. The van der Waals surface area contributed by atoms with Crippen molar-refractivity contribution >= 4 is 59.4 Å². The van der Waals surface area contributed by atoms with Gasteiger partial charge in [-0.3, -0.25) is 0 Å². The number of methoxy groups -OCH3 is 1. The number of halogens is 4. The lowest BCUT2D eigenvalue weighted by Crippen LogP contribution is -1.95. The van der Waals surface area contributed by atoms with Crippen LogP contribution in [0, 0.1) is 0 Å². The van der Waals surface area contributed by atoms with Crippen LogP contribution in [0.3, 0.4) is 0 Å². The minimum absolute atomic E-state index is 0.0846. The van der Waals surface area contributed by atoms with Gasteiger partial charge in [0.25, 0.3) is 0 Å². The third-order valence-electron chi connectivity index (χ3n) is 2.70. The van der Waals surface area contributed by atoms with Gasteiger partial charge in [0.15, 0.2) is 0 Å². The van der Waals surface area contributed by atoms with Crippen LogP contribution < -0.4 is 4.74 Å². The Kier molecular flexibility index (Phi) is 5.35. The lowest BCUT2D eigenvalue weighted by molar-refractivity contribution is 0.412.